The van der Waals surface area contributed by atoms with Crippen molar-refractivity contribution < 1.29 is 9.53 Å². The number of hydrogen-bond donors (Lipinski definition) is 0. The molecule has 0 N–H and O–H groups in total. The van der Waals surface area contributed by atoms with Crippen molar-refractivity contribution >= 4 is 17.4 Å². The van der Waals surface area contributed by atoms with Crippen LogP contribution in [0.3, 0.4) is 0 Å². The highest BCUT2D eigenvalue weighted by Gasteiger charge is 2.44. The number of fused-ring (bicyclic) bond motifs is 1. The van der Waals surface area contributed by atoms with Crippen LogP contribution < -0.4 is 0 Å². The van der Waals surface area contributed by atoms with E-state index in [1.807, 2.05) is 18.4 Å². The highest BCUT2D eigenvalue weighted by molar-refractivity contribution is 7.11. The Morgan fingerprint density at radius 3 is 2.87 bits per heavy atom. The molecule has 0 radical (unpaired) electrons. The summed E-state index contributed by atoms with van der Waals surface area (Å²) in [5, 5.41) is 1.27. The minimum atomic E-state index is -0.247. The first kappa shape index (κ1) is 15.4. The van der Waals surface area contributed by atoms with Crippen molar-refractivity contribution in [3.63, 3.8) is 0 Å². The molecule has 23 heavy (non-hydrogen) atoms. The molecule has 1 aromatic heterocycles. The third-order valence-electron chi connectivity index (χ3n) is 5.38. The molecule has 1 unspecified atom stereocenters. The molecule has 1 spiro atoms. The minimum absolute atomic E-state index is 0.161. The van der Waals surface area contributed by atoms with Crippen molar-refractivity contribution in [2.75, 3.05) is 26.7 Å². The molecule has 2 aliphatic heterocycles. The lowest BCUT2D eigenvalue weighted by atomic mass is 9.95. The Bertz CT molecular complexity index is 579. The largest absolute Gasteiger partial charge is 0.441 e. The number of likely N-dealkylation sites (N-methyl/N-ethyl adjacent to an activating group) is 1. The van der Waals surface area contributed by atoms with Gasteiger partial charge in [-0.05, 0) is 45.1 Å². The molecule has 3 heterocycles. The summed E-state index contributed by atoms with van der Waals surface area (Å²) in [6.45, 7) is 3.77. The summed E-state index contributed by atoms with van der Waals surface area (Å²) in [5.41, 5.74) is 1.11. The van der Waals surface area contributed by atoms with Gasteiger partial charge in [-0.3, -0.25) is 4.90 Å². The normalized spacial score (nSPS) is 28.7. The molecule has 6 heteroatoms. The van der Waals surface area contributed by atoms with Crippen LogP contribution in [0.25, 0.3) is 0 Å². The number of carbonyl (C=O) groups is 1. The standard InChI is InChI=1S/C17H25N3O2S/c1-19-12-17(22-16(19)21)7-4-9-20(10-8-17)11-15-18-13-5-2-3-6-14(13)23-15/h2-12H2,1H3. The van der Waals surface area contributed by atoms with Gasteiger partial charge in [0.1, 0.15) is 10.6 Å². The molecule has 1 aliphatic carbocycles. The average molecular weight is 335 g/mol. The molecule has 126 valence electrons. The van der Waals surface area contributed by atoms with E-state index >= 15 is 0 Å². The highest BCUT2D eigenvalue weighted by Crippen LogP contribution is 2.33. The SMILES string of the molecule is CN1CC2(CCCN(Cc3nc4c(s3)CCCC4)CC2)OC1=O. The van der Waals surface area contributed by atoms with Gasteiger partial charge in [-0.25, -0.2) is 9.78 Å². The van der Waals surface area contributed by atoms with Gasteiger partial charge in [-0.2, -0.15) is 0 Å². The van der Waals surface area contributed by atoms with Gasteiger partial charge in [0.15, 0.2) is 0 Å². The maximum atomic E-state index is 11.7. The number of ether oxygens (including phenoxy) is 1. The minimum Gasteiger partial charge on any atom is -0.441 e. The van der Waals surface area contributed by atoms with Crippen molar-refractivity contribution in [3.05, 3.63) is 15.6 Å². The summed E-state index contributed by atoms with van der Waals surface area (Å²) in [6, 6.07) is 0. The lowest BCUT2D eigenvalue weighted by molar-refractivity contribution is 0.0443. The molecule has 0 saturated carbocycles. The second-order valence-electron chi connectivity index (χ2n) is 7.22. The summed E-state index contributed by atoms with van der Waals surface area (Å²) in [4.78, 5) is 22.3. The fourth-order valence-corrected chi connectivity index (χ4v) is 5.30. The zero-order chi connectivity index (χ0) is 15.9. The van der Waals surface area contributed by atoms with E-state index in [1.54, 1.807) is 4.90 Å². The molecule has 3 aliphatic rings. The van der Waals surface area contributed by atoms with Gasteiger partial charge in [-0.15, -0.1) is 11.3 Å². The number of likely N-dealkylation sites (tertiary alicyclic amines) is 1. The number of aryl methyl sites for hydroxylation is 2. The zero-order valence-electron chi connectivity index (χ0n) is 13.8. The number of aromatic nitrogens is 1. The second-order valence-corrected chi connectivity index (χ2v) is 8.39. The number of thiazole rings is 1. The van der Waals surface area contributed by atoms with Crippen molar-refractivity contribution in [1.29, 1.82) is 0 Å². The highest BCUT2D eigenvalue weighted by atomic mass is 32.1. The predicted molar refractivity (Wildman–Crippen MR) is 89.7 cm³/mol. The summed E-state index contributed by atoms with van der Waals surface area (Å²) < 4.78 is 5.69. The van der Waals surface area contributed by atoms with E-state index in [1.165, 1.54) is 34.8 Å². The molecule has 1 aromatic rings. The quantitative estimate of drug-likeness (QED) is 0.834. The third kappa shape index (κ3) is 3.11. The van der Waals surface area contributed by atoms with Crippen molar-refractivity contribution in [3.8, 4) is 0 Å². The summed E-state index contributed by atoms with van der Waals surface area (Å²) in [7, 11) is 1.83. The van der Waals surface area contributed by atoms with Gasteiger partial charge in [-0.1, -0.05) is 0 Å². The number of hydrogen-bond acceptors (Lipinski definition) is 5. The van der Waals surface area contributed by atoms with Crippen molar-refractivity contribution in [2.45, 2.75) is 57.1 Å². The molecule has 2 fully saturated rings. The number of nitrogens with zero attached hydrogens (tertiary/aromatic N) is 3. The lowest BCUT2D eigenvalue weighted by Crippen LogP contribution is -2.35. The smallest absolute Gasteiger partial charge is 0.410 e. The van der Waals surface area contributed by atoms with Gasteiger partial charge >= 0.3 is 6.09 Å². The van der Waals surface area contributed by atoms with E-state index in [-0.39, 0.29) is 11.7 Å². The van der Waals surface area contributed by atoms with Crippen LogP contribution in [0.4, 0.5) is 4.79 Å². The maximum Gasteiger partial charge on any atom is 0.410 e. The van der Waals surface area contributed by atoms with E-state index in [9.17, 15) is 4.79 Å². The summed E-state index contributed by atoms with van der Waals surface area (Å²) >= 11 is 1.91. The first-order valence-electron chi connectivity index (χ1n) is 8.77. The molecule has 1 atom stereocenters. The Balaban J connectivity index is 1.39. The molecule has 1 amide bonds. The van der Waals surface area contributed by atoms with Crippen LogP contribution in [0.2, 0.25) is 0 Å². The number of rotatable bonds is 2. The van der Waals surface area contributed by atoms with E-state index in [2.05, 4.69) is 4.90 Å². The third-order valence-corrected chi connectivity index (χ3v) is 6.52. The van der Waals surface area contributed by atoms with E-state index in [0.717, 1.165) is 51.9 Å². The first-order chi connectivity index (χ1) is 11.1. The fourth-order valence-electron chi connectivity index (χ4n) is 4.10. The molecule has 2 saturated heterocycles. The van der Waals surface area contributed by atoms with E-state index in [0.29, 0.717) is 0 Å². The lowest BCUT2D eigenvalue weighted by Gasteiger charge is -2.25. The Labute approximate surface area is 141 Å². The van der Waals surface area contributed by atoms with Crippen LogP contribution in [0, 0.1) is 0 Å². The van der Waals surface area contributed by atoms with Crippen LogP contribution in [0.5, 0.6) is 0 Å². The zero-order valence-corrected chi connectivity index (χ0v) is 14.7. The van der Waals surface area contributed by atoms with E-state index < -0.39 is 0 Å². The molecule has 4 rings (SSSR count). The number of amides is 1. The maximum absolute atomic E-state index is 11.7. The Kier molecular flexibility index (Phi) is 4.05. The number of carbonyl (C=O) groups excluding carboxylic acids is 1. The van der Waals surface area contributed by atoms with Crippen LogP contribution in [-0.4, -0.2) is 53.2 Å². The monoisotopic (exact) mass is 335 g/mol. The van der Waals surface area contributed by atoms with Gasteiger partial charge in [0, 0.05) is 24.9 Å². The fraction of sp³-hybridized carbons (Fsp3) is 0.765. The Hall–Kier alpha value is -1.14. The topological polar surface area (TPSA) is 45.7 Å². The van der Waals surface area contributed by atoms with Crippen LogP contribution in [-0.2, 0) is 24.1 Å². The summed E-state index contributed by atoms with van der Waals surface area (Å²) in [5.74, 6) is 0. The first-order valence-corrected chi connectivity index (χ1v) is 9.59. The molecule has 5 nitrogen and oxygen atoms in total. The van der Waals surface area contributed by atoms with Crippen LogP contribution in [0.15, 0.2) is 0 Å². The average Bonchev–Trinajstić information content (AvgIpc) is 2.99. The van der Waals surface area contributed by atoms with Gasteiger partial charge in [0.25, 0.3) is 0 Å². The summed E-state index contributed by atoms with van der Waals surface area (Å²) in [6.07, 6.45) is 7.84. The molecular weight excluding hydrogens is 310 g/mol. The van der Waals surface area contributed by atoms with Gasteiger partial charge in [0.2, 0.25) is 0 Å². The van der Waals surface area contributed by atoms with Crippen LogP contribution >= 0.6 is 11.3 Å². The van der Waals surface area contributed by atoms with Gasteiger partial charge in [0.05, 0.1) is 18.8 Å². The molecular formula is C17H25N3O2S. The van der Waals surface area contributed by atoms with Gasteiger partial charge < -0.3 is 9.64 Å². The van der Waals surface area contributed by atoms with Crippen LogP contribution in [0.1, 0.15) is 47.7 Å². The Morgan fingerprint density at radius 2 is 2.09 bits per heavy atom. The van der Waals surface area contributed by atoms with E-state index in [4.69, 9.17) is 9.72 Å². The molecule has 0 aromatic carbocycles. The van der Waals surface area contributed by atoms with Crippen molar-refractivity contribution in [1.82, 2.24) is 14.8 Å². The van der Waals surface area contributed by atoms with Crippen molar-refractivity contribution in [2.24, 2.45) is 0 Å². The molecule has 0 bridgehead atoms. The Morgan fingerprint density at radius 1 is 1.22 bits per heavy atom. The second kappa shape index (κ2) is 6.06. The predicted octanol–water partition coefficient (Wildman–Crippen LogP) is 2.83.